The Morgan fingerprint density at radius 2 is 1.60 bits per heavy atom. The molecule has 3 aromatic carbocycles. The lowest BCUT2D eigenvalue weighted by Gasteiger charge is -2.31. The average molecular weight is 867 g/mol. The average Bonchev–Trinajstić information content (AvgIpc) is 3.63. The van der Waals surface area contributed by atoms with Gasteiger partial charge in [0.15, 0.2) is 5.79 Å². The van der Waals surface area contributed by atoms with Crippen LogP contribution in [-0.2, 0) is 41.5 Å². The molecule has 1 aliphatic heterocycles. The number of para-hydroxylation sites is 1. The van der Waals surface area contributed by atoms with Gasteiger partial charge in [-0.05, 0) is 99.6 Å². The van der Waals surface area contributed by atoms with Crippen LogP contribution in [-0.4, -0.2) is 76.3 Å². The van der Waals surface area contributed by atoms with Crippen molar-refractivity contribution >= 4 is 29.8 Å². The van der Waals surface area contributed by atoms with Gasteiger partial charge in [0, 0.05) is 43.4 Å². The van der Waals surface area contributed by atoms with Crippen LogP contribution in [0.1, 0.15) is 143 Å². The number of ether oxygens (including phenoxy) is 4. The molecule has 0 aromatic heterocycles. The quantitative estimate of drug-likeness (QED) is 0.0566. The second-order valence-corrected chi connectivity index (χ2v) is 17.5. The van der Waals surface area contributed by atoms with E-state index in [1.807, 2.05) is 36.4 Å². The van der Waals surface area contributed by atoms with E-state index >= 15 is 0 Å². The summed E-state index contributed by atoms with van der Waals surface area (Å²) in [6.07, 6.45) is 11.9. The summed E-state index contributed by atoms with van der Waals surface area (Å²) in [6, 6.07) is 20.4. The zero-order valence-electron chi connectivity index (χ0n) is 37.5. The van der Waals surface area contributed by atoms with Crippen LogP contribution in [0, 0.1) is 0 Å². The predicted octanol–water partition coefficient (Wildman–Crippen LogP) is 8.67. The van der Waals surface area contributed by atoms with Crippen molar-refractivity contribution in [2.45, 2.75) is 154 Å². The van der Waals surface area contributed by atoms with Crippen molar-refractivity contribution in [1.29, 1.82) is 0 Å². The topological polar surface area (TPSA) is 170 Å². The highest BCUT2D eigenvalue weighted by Gasteiger charge is 2.52. The van der Waals surface area contributed by atoms with Crippen LogP contribution >= 0.6 is 0 Å². The number of aliphatic hydroxyl groups is 1. The van der Waals surface area contributed by atoms with Gasteiger partial charge >= 0.3 is 11.9 Å². The van der Waals surface area contributed by atoms with E-state index in [-0.39, 0.29) is 44.1 Å². The van der Waals surface area contributed by atoms with Crippen LogP contribution in [0.2, 0.25) is 0 Å². The number of amides is 2. The van der Waals surface area contributed by atoms with Gasteiger partial charge in [-0.15, -0.1) is 0 Å². The number of carbonyl (C=O) groups is 4. The Hall–Kier alpha value is -5.30. The summed E-state index contributed by atoms with van der Waals surface area (Å²) in [5, 5.41) is 25.7. The van der Waals surface area contributed by atoms with Gasteiger partial charge in [0.2, 0.25) is 5.91 Å². The van der Waals surface area contributed by atoms with Gasteiger partial charge in [-0.2, -0.15) is 0 Å². The smallest absolute Gasteiger partial charge is 0.338 e. The highest BCUT2D eigenvalue weighted by Crippen LogP contribution is 2.43. The molecule has 4 N–H and O–H groups in total. The summed E-state index contributed by atoms with van der Waals surface area (Å²) >= 11 is 0. The summed E-state index contributed by atoms with van der Waals surface area (Å²) in [6.45, 7) is 9.39. The van der Waals surface area contributed by atoms with Crippen LogP contribution in [0.15, 0.2) is 90.5 Å². The number of aliphatic hydroxyl groups excluding tert-OH is 1. The van der Waals surface area contributed by atoms with E-state index in [9.17, 15) is 29.4 Å². The molecule has 0 radical (unpaired) electrons. The van der Waals surface area contributed by atoms with E-state index in [1.54, 1.807) is 75.4 Å². The molecule has 340 valence electrons. The number of hydrogen-bond donors (Lipinski definition) is 4. The molecule has 0 saturated carbocycles. The first kappa shape index (κ1) is 48.7. The molecule has 12 nitrogen and oxygen atoms in total. The number of fused-ring (bicyclic) bond motifs is 1. The Labute approximate surface area is 372 Å². The molecule has 2 aliphatic rings. The normalized spacial score (nSPS) is 18.6. The molecule has 5 rings (SSSR count). The van der Waals surface area contributed by atoms with E-state index in [4.69, 9.17) is 18.9 Å². The molecule has 12 heteroatoms. The van der Waals surface area contributed by atoms with Crippen molar-refractivity contribution in [3.8, 4) is 5.75 Å². The third-order valence-corrected chi connectivity index (χ3v) is 11.2. The maximum absolute atomic E-state index is 13.9. The minimum atomic E-state index is -0.858. The second kappa shape index (κ2) is 23.4. The van der Waals surface area contributed by atoms with E-state index in [0.717, 1.165) is 49.7 Å². The molecule has 0 bridgehead atoms. The minimum absolute atomic E-state index is 0.0386. The summed E-state index contributed by atoms with van der Waals surface area (Å²) < 4.78 is 25.1. The Kier molecular flexibility index (Phi) is 18.1. The maximum atomic E-state index is 13.9. The Bertz CT molecular complexity index is 2040. The predicted molar refractivity (Wildman–Crippen MR) is 242 cm³/mol. The van der Waals surface area contributed by atoms with Crippen molar-refractivity contribution in [1.82, 2.24) is 10.6 Å². The number of unbranched alkanes of at least 4 members (excludes halogenated alkanes) is 4. The molecule has 1 heterocycles. The van der Waals surface area contributed by atoms with Crippen LogP contribution in [0.25, 0.3) is 6.08 Å². The van der Waals surface area contributed by atoms with E-state index < -0.39 is 53.6 Å². The molecule has 1 saturated heterocycles. The van der Waals surface area contributed by atoms with Gasteiger partial charge in [0.05, 0.1) is 18.2 Å². The zero-order valence-corrected chi connectivity index (χ0v) is 37.5. The SMILES string of the molecule is CCCCCC1(CCCCC)OC2C=C(C(=O)NCc3cccc(C(=O)NC(CO)CCC(=O)OC(C)(C)C)c3)CC(OC(=O)c3ccc(C=CCc4ccccc4O)cc3)C2O1. The Morgan fingerprint density at radius 3 is 2.27 bits per heavy atom. The molecule has 4 atom stereocenters. The van der Waals surface area contributed by atoms with E-state index in [0.29, 0.717) is 41.5 Å². The highest BCUT2D eigenvalue weighted by molar-refractivity contribution is 5.95. The highest BCUT2D eigenvalue weighted by atomic mass is 16.8. The summed E-state index contributed by atoms with van der Waals surface area (Å²) in [7, 11) is 0. The molecule has 1 aliphatic carbocycles. The number of allylic oxidation sites excluding steroid dienone is 1. The number of carbonyl (C=O) groups excluding carboxylic acids is 4. The van der Waals surface area contributed by atoms with Gasteiger partial charge in [0.1, 0.15) is 29.7 Å². The van der Waals surface area contributed by atoms with Crippen LogP contribution in [0.4, 0.5) is 0 Å². The van der Waals surface area contributed by atoms with Crippen LogP contribution in [0.3, 0.4) is 0 Å². The fraction of sp³-hybridized carbons (Fsp3) is 0.490. The molecule has 63 heavy (non-hydrogen) atoms. The second-order valence-electron chi connectivity index (χ2n) is 17.5. The summed E-state index contributed by atoms with van der Waals surface area (Å²) in [4.78, 5) is 53.1. The lowest BCUT2D eigenvalue weighted by atomic mass is 9.91. The van der Waals surface area contributed by atoms with Crippen molar-refractivity contribution in [3.63, 3.8) is 0 Å². The largest absolute Gasteiger partial charge is 0.508 e. The van der Waals surface area contributed by atoms with Crippen molar-refractivity contribution < 1.29 is 48.3 Å². The molecular formula is C51H66N2O10. The first-order chi connectivity index (χ1) is 30.2. The molecule has 3 aromatic rings. The molecule has 1 fully saturated rings. The fourth-order valence-corrected chi connectivity index (χ4v) is 7.82. The minimum Gasteiger partial charge on any atom is -0.508 e. The Balaban J connectivity index is 1.27. The Morgan fingerprint density at radius 1 is 0.889 bits per heavy atom. The molecule has 4 unspecified atom stereocenters. The standard InChI is InChI=1S/C51H66N2O10/c1-6-8-12-28-51(29-13-9-7-2)61-44-32-40(47(57)52-33-36-17-15-20-39(30-36)48(58)53-41(34-54)26-27-45(56)62-50(3,4)5)31-43(46(44)63-51)60-49(59)38-24-22-35(23-25-38)16-14-19-37-18-10-11-21-42(37)55/h10-11,14-18,20-25,30,32,41,43-44,46,54-55H,6-9,12-13,19,26-29,31,33-34H2,1-5H3,(H,52,57)(H,53,58). The number of phenols is 1. The van der Waals surface area contributed by atoms with E-state index in [2.05, 4.69) is 24.5 Å². The third-order valence-electron chi connectivity index (χ3n) is 11.2. The number of benzene rings is 3. The van der Waals surface area contributed by atoms with Crippen molar-refractivity contribution in [3.05, 3.63) is 118 Å². The molecule has 2 amide bonds. The first-order valence-electron chi connectivity index (χ1n) is 22.5. The number of rotatable bonds is 22. The van der Waals surface area contributed by atoms with Crippen LogP contribution < -0.4 is 10.6 Å². The van der Waals surface area contributed by atoms with Crippen molar-refractivity contribution in [2.24, 2.45) is 0 Å². The molecule has 0 spiro atoms. The number of phenolic OH excluding ortho intramolecular Hbond substituents is 1. The van der Waals surface area contributed by atoms with Gasteiger partial charge in [0.25, 0.3) is 5.91 Å². The van der Waals surface area contributed by atoms with Gasteiger partial charge in [-0.25, -0.2) is 4.79 Å². The maximum Gasteiger partial charge on any atom is 0.338 e. The fourth-order valence-electron chi connectivity index (χ4n) is 7.82. The number of esters is 2. The number of hydrogen-bond acceptors (Lipinski definition) is 10. The number of aromatic hydroxyl groups is 1. The van der Waals surface area contributed by atoms with Gasteiger partial charge < -0.3 is 39.8 Å². The van der Waals surface area contributed by atoms with Gasteiger partial charge in [-0.1, -0.05) is 94.1 Å². The summed E-state index contributed by atoms with van der Waals surface area (Å²) in [5.74, 6) is -2.34. The lowest BCUT2D eigenvalue weighted by molar-refractivity contribution is -0.190. The monoisotopic (exact) mass is 866 g/mol. The molecular weight excluding hydrogens is 801 g/mol. The van der Waals surface area contributed by atoms with Crippen molar-refractivity contribution in [2.75, 3.05) is 6.61 Å². The van der Waals surface area contributed by atoms with E-state index in [1.165, 1.54) is 0 Å². The summed E-state index contributed by atoms with van der Waals surface area (Å²) in [5.41, 5.74) is 2.84. The zero-order chi connectivity index (χ0) is 45.4. The first-order valence-corrected chi connectivity index (χ1v) is 22.5. The van der Waals surface area contributed by atoms with Gasteiger partial charge in [-0.3, -0.25) is 14.4 Å². The lowest BCUT2D eigenvalue weighted by Crippen LogP contribution is -2.43. The number of nitrogens with one attached hydrogen (secondary N) is 2. The van der Waals surface area contributed by atoms with Crippen LogP contribution in [0.5, 0.6) is 5.75 Å². The third kappa shape index (κ3) is 14.9.